The standard InChI is InChI=1S/C8H9O2.Na/c1-10-8-4-2-7(6-9)3-5-8;/h2-5H,6H2,1H3;/q-1;+1. The fraction of sp³-hybridized carbons (Fsp3) is 0.250. The Kier molecular flexibility index (Phi) is 5.60. The number of hydrogen-bond donors (Lipinski definition) is 0. The predicted octanol–water partition coefficient (Wildman–Crippen LogP) is -2.44. The summed E-state index contributed by atoms with van der Waals surface area (Å²) in [5.41, 5.74) is 0.792. The molecule has 1 aromatic carbocycles. The summed E-state index contributed by atoms with van der Waals surface area (Å²) in [5, 5.41) is 10.3. The molecule has 0 amide bonds. The molecule has 0 atom stereocenters. The van der Waals surface area contributed by atoms with Gasteiger partial charge in [0, 0.05) is 0 Å². The molecule has 0 aliphatic rings. The third kappa shape index (κ3) is 3.25. The summed E-state index contributed by atoms with van der Waals surface area (Å²) in [7, 11) is 1.60. The Morgan fingerprint density at radius 1 is 1.27 bits per heavy atom. The molecule has 1 rings (SSSR count). The molecule has 1 aromatic rings. The molecular formula is C8H9NaO2. The second-order valence-electron chi connectivity index (χ2n) is 1.99. The van der Waals surface area contributed by atoms with Crippen LogP contribution in [0.1, 0.15) is 5.56 Å². The number of methoxy groups -OCH3 is 1. The first-order valence-corrected chi connectivity index (χ1v) is 3.08. The van der Waals surface area contributed by atoms with Gasteiger partial charge in [0.15, 0.2) is 0 Å². The first-order chi connectivity index (χ1) is 4.86. The van der Waals surface area contributed by atoms with Crippen molar-refractivity contribution in [3.8, 4) is 5.75 Å². The summed E-state index contributed by atoms with van der Waals surface area (Å²) in [6.07, 6.45) is 0. The van der Waals surface area contributed by atoms with Crippen LogP contribution in [-0.4, -0.2) is 7.11 Å². The van der Waals surface area contributed by atoms with Crippen LogP contribution in [0.4, 0.5) is 0 Å². The normalized spacial score (nSPS) is 8.55. The average Bonchev–Trinajstić information content (AvgIpc) is 2.05. The van der Waals surface area contributed by atoms with Crippen molar-refractivity contribution in [3.05, 3.63) is 29.8 Å². The largest absolute Gasteiger partial charge is 1.00 e. The molecule has 0 saturated carbocycles. The van der Waals surface area contributed by atoms with Crippen LogP contribution >= 0.6 is 0 Å². The molecule has 2 nitrogen and oxygen atoms in total. The minimum Gasteiger partial charge on any atom is -0.851 e. The van der Waals surface area contributed by atoms with E-state index in [1.54, 1.807) is 31.4 Å². The second kappa shape index (κ2) is 5.61. The zero-order valence-electron chi connectivity index (χ0n) is 6.83. The molecule has 0 saturated heterocycles. The molecule has 0 spiro atoms. The van der Waals surface area contributed by atoms with Crippen molar-refractivity contribution in [3.63, 3.8) is 0 Å². The molecule has 0 radical (unpaired) electrons. The Morgan fingerprint density at radius 2 is 1.82 bits per heavy atom. The molecule has 0 bridgehead atoms. The monoisotopic (exact) mass is 160 g/mol. The molecular weight excluding hydrogens is 151 g/mol. The summed E-state index contributed by atoms with van der Waals surface area (Å²) >= 11 is 0. The van der Waals surface area contributed by atoms with Gasteiger partial charge in [-0.15, -0.1) is 6.61 Å². The molecule has 54 valence electrons. The van der Waals surface area contributed by atoms with Gasteiger partial charge >= 0.3 is 29.6 Å². The van der Waals surface area contributed by atoms with E-state index >= 15 is 0 Å². The maximum Gasteiger partial charge on any atom is 1.00 e. The van der Waals surface area contributed by atoms with E-state index in [1.165, 1.54) is 0 Å². The number of rotatable bonds is 2. The van der Waals surface area contributed by atoms with E-state index in [1.807, 2.05) is 0 Å². The van der Waals surface area contributed by atoms with E-state index in [4.69, 9.17) is 4.74 Å². The van der Waals surface area contributed by atoms with Crippen molar-refractivity contribution in [2.24, 2.45) is 0 Å². The zero-order valence-corrected chi connectivity index (χ0v) is 8.83. The Hall–Kier alpha value is -0.0200. The molecule has 0 fully saturated rings. The van der Waals surface area contributed by atoms with Crippen molar-refractivity contribution in [2.75, 3.05) is 7.11 Å². The molecule has 11 heavy (non-hydrogen) atoms. The summed E-state index contributed by atoms with van der Waals surface area (Å²) in [6.45, 7) is -0.163. The van der Waals surface area contributed by atoms with Gasteiger partial charge in [-0.05, 0) is 12.1 Å². The molecule has 3 heteroatoms. The minimum atomic E-state index is -0.163. The van der Waals surface area contributed by atoms with Gasteiger partial charge in [0.25, 0.3) is 0 Å². The van der Waals surface area contributed by atoms with Crippen LogP contribution in [0.5, 0.6) is 5.75 Å². The van der Waals surface area contributed by atoms with Crippen LogP contribution in [-0.2, 0) is 6.61 Å². The summed E-state index contributed by atoms with van der Waals surface area (Å²) in [6, 6.07) is 7.11. The van der Waals surface area contributed by atoms with Gasteiger partial charge in [0.05, 0.1) is 7.11 Å². The average molecular weight is 160 g/mol. The van der Waals surface area contributed by atoms with Crippen LogP contribution in [0.3, 0.4) is 0 Å². The van der Waals surface area contributed by atoms with Crippen LogP contribution in [0.25, 0.3) is 0 Å². The Labute approximate surface area is 88.5 Å². The summed E-state index contributed by atoms with van der Waals surface area (Å²) in [4.78, 5) is 0. The summed E-state index contributed by atoms with van der Waals surface area (Å²) < 4.78 is 4.91. The third-order valence-corrected chi connectivity index (χ3v) is 1.33. The smallest absolute Gasteiger partial charge is 0.851 e. The van der Waals surface area contributed by atoms with Crippen LogP contribution < -0.4 is 39.4 Å². The molecule has 0 aromatic heterocycles. The van der Waals surface area contributed by atoms with E-state index in [0.717, 1.165) is 11.3 Å². The molecule has 0 aliphatic carbocycles. The topological polar surface area (TPSA) is 32.3 Å². The molecule has 0 N–H and O–H groups in total. The predicted molar refractivity (Wildman–Crippen MR) is 36.7 cm³/mol. The Morgan fingerprint density at radius 3 is 2.18 bits per heavy atom. The van der Waals surface area contributed by atoms with E-state index in [0.29, 0.717) is 0 Å². The van der Waals surface area contributed by atoms with E-state index in [9.17, 15) is 5.11 Å². The number of hydrogen-bond acceptors (Lipinski definition) is 2. The second-order valence-corrected chi connectivity index (χ2v) is 1.99. The minimum absolute atomic E-state index is 0. The molecule has 0 heterocycles. The van der Waals surface area contributed by atoms with Crippen molar-refractivity contribution in [1.29, 1.82) is 0 Å². The van der Waals surface area contributed by atoms with Gasteiger partial charge in [0.2, 0.25) is 0 Å². The van der Waals surface area contributed by atoms with Crippen molar-refractivity contribution in [1.82, 2.24) is 0 Å². The quantitative estimate of drug-likeness (QED) is 0.450. The van der Waals surface area contributed by atoms with E-state index < -0.39 is 0 Å². The van der Waals surface area contributed by atoms with Gasteiger partial charge in [-0.2, -0.15) is 0 Å². The fourth-order valence-corrected chi connectivity index (χ4v) is 0.722. The fourth-order valence-electron chi connectivity index (χ4n) is 0.722. The summed E-state index contributed by atoms with van der Waals surface area (Å²) in [5.74, 6) is 0.789. The number of ether oxygens (including phenoxy) is 1. The first kappa shape index (κ1) is 11.0. The maximum atomic E-state index is 10.3. The van der Waals surface area contributed by atoms with E-state index in [2.05, 4.69) is 0 Å². The van der Waals surface area contributed by atoms with Crippen LogP contribution in [0.15, 0.2) is 24.3 Å². The Bertz CT molecular complexity index is 173. The van der Waals surface area contributed by atoms with Gasteiger partial charge < -0.3 is 9.84 Å². The molecule has 0 unspecified atom stereocenters. The van der Waals surface area contributed by atoms with Gasteiger partial charge in [-0.3, -0.25) is 0 Å². The number of benzene rings is 1. The van der Waals surface area contributed by atoms with Crippen molar-refractivity contribution >= 4 is 0 Å². The van der Waals surface area contributed by atoms with Gasteiger partial charge in [-0.1, -0.05) is 17.7 Å². The van der Waals surface area contributed by atoms with Crippen molar-refractivity contribution in [2.45, 2.75) is 6.61 Å². The van der Waals surface area contributed by atoms with Crippen LogP contribution in [0.2, 0.25) is 0 Å². The van der Waals surface area contributed by atoms with Crippen molar-refractivity contribution < 1.29 is 39.4 Å². The van der Waals surface area contributed by atoms with Crippen LogP contribution in [0, 0.1) is 0 Å². The maximum absolute atomic E-state index is 10.3. The SMILES string of the molecule is COc1ccc(C[O-])cc1.[Na+]. The van der Waals surface area contributed by atoms with Gasteiger partial charge in [0.1, 0.15) is 5.75 Å². The zero-order chi connectivity index (χ0) is 7.40. The molecule has 0 aliphatic heterocycles. The van der Waals surface area contributed by atoms with Gasteiger partial charge in [-0.25, -0.2) is 0 Å². The van der Waals surface area contributed by atoms with E-state index in [-0.39, 0.29) is 36.2 Å². The third-order valence-electron chi connectivity index (χ3n) is 1.33. The first-order valence-electron chi connectivity index (χ1n) is 3.08. The Balaban J connectivity index is 0.000001000.